The highest BCUT2D eigenvalue weighted by atomic mass is 35.5. The predicted octanol–water partition coefficient (Wildman–Crippen LogP) is 3.34. The van der Waals surface area contributed by atoms with E-state index in [-0.39, 0.29) is 5.91 Å². The Bertz CT molecular complexity index is 628. The maximum Gasteiger partial charge on any atom is 0.257 e. The van der Waals surface area contributed by atoms with Crippen molar-refractivity contribution >= 4 is 23.2 Å². The molecule has 0 aliphatic carbocycles. The molecule has 1 aromatic carbocycles. The van der Waals surface area contributed by atoms with E-state index in [1.54, 1.807) is 6.07 Å². The summed E-state index contributed by atoms with van der Waals surface area (Å²) in [5.74, 6) is 0.242. The number of aryl methyl sites for hydroxylation is 2. The molecule has 0 atom stereocenters. The van der Waals surface area contributed by atoms with Crippen LogP contribution in [0.15, 0.2) is 30.3 Å². The highest BCUT2D eigenvalue weighted by Gasteiger charge is 2.13. The molecule has 1 N–H and O–H groups in total. The van der Waals surface area contributed by atoms with Crippen molar-refractivity contribution in [3.8, 4) is 0 Å². The second-order valence-corrected chi connectivity index (χ2v) is 4.76. The van der Waals surface area contributed by atoms with Crippen LogP contribution < -0.4 is 5.32 Å². The molecule has 2 aromatic rings. The lowest BCUT2D eigenvalue weighted by Crippen LogP contribution is -2.16. The topological polar surface area (TPSA) is 54.9 Å². The SMILES string of the molecule is CCc1nnc(C)cc1C(=O)Nc1cccc(CCl)c1. The first-order valence-electron chi connectivity index (χ1n) is 6.43. The molecule has 1 aromatic heterocycles. The fourth-order valence-electron chi connectivity index (χ4n) is 1.90. The van der Waals surface area contributed by atoms with Gasteiger partial charge in [0.15, 0.2) is 0 Å². The average molecular weight is 290 g/mol. The Balaban J connectivity index is 2.25. The van der Waals surface area contributed by atoms with Crippen molar-refractivity contribution in [2.45, 2.75) is 26.1 Å². The molecule has 1 amide bonds. The molecule has 0 aliphatic heterocycles. The summed E-state index contributed by atoms with van der Waals surface area (Å²) in [4.78, 5) is 12.3. The largest absolute Gasteiger partial charge is 0.322 e. The molecule has 4 nitrogen and oxygen atoms in total. The third-order valence-corrected chi connectivity index (χ3v) is 3.22. The van der Waals surface area contributed by atoms with Gasteiger partial charge >= 0.3 is 0 Å². The molecular formula is C15H16ClN3O. The highest BCUT2D eigenvalue weighted by molar-refractivity contribution is 6.17. The maximum absolute atomic E-state index is 12.3. The van der Waals surface area contributed by atoms with Gasteiger partial charge in [-0.25, -0.2) is 0 Å². The van der Waals surface area contributed by atoms with Gasteiger partial charge < -0.3 is 5.32 Å². The van der Waals surface area contributed by atoms with Crippen molar-refractivity contribution in [1.29, 1.82) is 0 Å². The summed E-state index contributed by atoms with van der Waals surface area (Å²) in [6, 6.07) is 9.23. The summed E-state index contributed by atoms with van der Waals surface area (Å²) in [6.45, 7) is 3.77. The molecule has 0 aliphatic rings. The number of anilines is 1. The van der Waals surface area contributed by atoms with Crippen molar-refractivity contribution in [2.75, 3.05) is 5.32 Å². The van der Waals surface area contributed by atoms with E-state index in [1.165, 1.54) is 0 Å². The number of amides is 1. The Morgan fingerprint density at radius 3 is 2.80 bits per heavy atom. The monoisotopic (exact) mass is 289 g/mol. The third kappa shape index (κ3) is 3.33. The summed E-state index contributed by atoms with van der Waals surface area (Å²) in [5.41, 5.74) is 3.67. The summed E-state index contributed by atoms with van der Waals surface area (Å²) in [7, 11) is 0. The van der Waals surface area contributed by atoms with Gasteiger partial charge in [0.1, 0.15) is 0 Å². The Morgan fingerprint density at radius 2 is 2.10 bits per heavy atom. The normalized spacial score (nSPS) is 10.3. The third-order valence-electron chi connectivity index (χ3n) is 2.91. The molecule has 2 rings (SSSR count). The fraction of sp³-hybridized carbons (Fsp3) is 0.267. The number of hydrogen-bond donors (Lipinski definition) is 1. The first-order chi connectivity index (χ1) is 9.63. The summed E-state index contributed by atoms with van der Waals surface area (Å²) in [5, 5.41) is 10.9. The van der Waals surface area contributed by atoms with Crippen LogP contribution in [0.3, 0.4) is 0 Å². The average Bonchev–Trinajstić information content (AvgIpc) is 2.47. The molecule has 0 saturated carbocycles. The molecule has 1 heterocycles. The van der Waals surface area contributed by atoms with Gasteiger partial charge in [-0.05, 0) is 37.1 Å². The van der Waals surface area contributed by atoms with E-state index in [9.17, 15) is 4.79 Å². The second-order valence-electron chi connectivity index (χ2n) is 4.49. The molecule has 20 heavy (non-hydrogen) atoms. The van der Waals surface area contributed by atoms with E-state index >= 15 is 0 Å². The summed E-state index contributed by atoms with van der Waals surface area (Å²) < 4.78 is 0. The van der Waals surface area contributed by atoms with Crippen LogP contribution in [0.25, 0.3) is 0 Å². The smallest absolute Gasteiger partial charge is 0.257 e. The first kappa shape index (κ1) is 14.5. The molecule has 0 unspecified atom stereocenters. The van der Waals surface area contributed by atoms with Crippen LogP contribution in [-0.4, -0.2) is 16.1 Å². The van der Waals surface area contributed by atoms with E-state index in [0.29, 0.717) is 23.6 Å². The second kappa shape index (κ2) is 6.48. The Labute approximate surface area is 123 Å². The van der Waals surface area contributed by atoms with Gasteiger partial charge in [0.25, 0.3) is 5.91 Å². The quantitative estimate of drug-likeness (QED) is 0.878. The molecule has 5 heteroatoms. The van der Waals surface area contributed by atoms with E-state index in [4.69, 9.17) is 11.6 Å². The predicted molar refractivity (Wildman–Crippen MR) is 80.1 cm³/mol. The number of hydrogen-bond acceptors (Lipinski definition) is 3. The van der Waals surface area contributed by atoms with Gasteiger partial charge in [-0.3, -0.25) is 4.79 Å². The zero-order chi connectivity index (χ0) is 14.5. The maximum atomic E-state index is 12.3. The molecular weight excluding hydrogens is 274 g/mol. The van der Waals surface area contributed by atoms with Crippen molar-refractivity contribution in [3.05, 3.63) is 52.8 Å². The van der Waals surface area contributed by atoms with Crippen molar-refractivity contribution in [1.82, 2.24) is 10.2 Å². The Kier molecular flexibility index (Phi) is 4.69. The molecule has 0 saturated heterocycles. The van der Waals surface area contributed by atoms with Crippen LogP contribution in [0, 0.1) is 6.92 Å². The first-order valence-corrected chi connectivity index (χ1v) is 6.97. The fourth-order valence-corrected chi connectivity index (χ4v) is 2.07. The number of halogens is 1. The van der Waals surface area contributed by atoms with Crippen LogP contribution in [0.5, 0.6) is 0 Å². The van der Waals surface area contributed by atoms with Crippen molar-refractivity contribution < 1.29 is 4.79 Å². The van der Waals surface area contributed by atoms with E-state index in [1.807, 2.05) is 38.1 Å². The lowest BCUT2D eigenvalue weighted by Gasteiger charge is -2.09. The standard InChI is InChI=1S/C15H16ClN3O/c1-3-14-13(7-10(2)18-19-14)15(20)17-12-6-4-5-11(8-12)9-16/h4-8H,3,9H2,1-2H3,(H,17,20). The number of rotatable bonds is 4. The van der Waals surface area contributed by atoms with E-state index in [2.05, 4.69) is 15.5 Å². The van der Waals surface area contributed by atoms with Gasteiger partial charge in [-0.2, -0.15) is 10.2 Å². The van der Waals surface area contributed by atoms with Crippen molar-refractivity contribution in [2.24, 2.45) is 0 Å². The number of carbonyl (C=O) groups is 1. The van der Waals surface area contributed by atoms with Gasteiger partial charge in [0.05, 0.1) is 17.0 Å². The number of nitrogens with one attached hydrogen (secondary N) is 1. The van der Waals surface area contributed by atoms with Crippen LogP contribution >= 0.6 is 11.6 Å². The van der Waals surface area contributed by atoms with Gasteiger partial charge in [-0.1, -0.05) is 19.1 Å². The molecule has 104 valence electrons. The van der Waals surface area contributed by atoms with Gasteiger partial charge in [0, 0.05) is 11.6 Å². The van der Waals surface area contributed by atoms with E-state index < -0.39 is 0 Å². The number of aromatic nitrogens is 2. The molecule has 0 fully saturated rings. The minimum atomic E-state index is -0.174. The van der Waals surface area contributed by atoms with Crippen molar-refractivity contribution in [3.63, 3.8) is 0 Å². The van der Waals surface area contributed by atoms with Crippen LogP contribution in [0.2, 0.25) is 0 Å². The van der Waals surface area contributed by atoms with Gasteiger partial charge in [0.2, 0.25) is 0 Å². The number of carbonyl (C=O) groups excluding carboxylic acids is 1. The zero-order valence-electron chi connectivity index (χ0n) is 11.5. The molecule has 0 radical (unpaired) electrons. The van der Waals surface area contributed by atoms with Crippen LogP contribution in [0.4, 0.5) is 5.69 Å². The number of nitrogens with zero attached hydrogens (tertiary/aromatic N) is 2. The highest BCUT2D eigenvalue weighted by Crippen LogP contribution is 2.15. The lowest BCUT2D eigenvalue weighted by molar-refractivity contribution is 0.102. The number of alkyl halides is 1. The lowest BCUT2D eigenvalue weighted by atomic mass is 10.1. The van der Waals surface area contributed by atoms with Crippen LogP contribution in [0.1, 0.15) is 34.2 Å². The molecule has 0 spiro atoms. The zero-order valence-corrected chi connectivity index (χ0v) is 12.2. The summed E-state index contributed by atoms with van der Waals surface area (Å²) in [6.07, 6.45) is 0.664. The van der Waals surface area contributed by atoms with Crippen LogP contribution in [-0.2, 0) is 12.3 Å². The Morgan fingerprint density at radius 1 is 1.30 bits per heavy atom. The van der Waals surface area contributed by atoms with Gasteiger partial charge in [-0.15, -0.1) is 11.6 Å². The Hall–Kier alpha value is -1.94. The number of benzene rings is 1. The minimum Gasteiger partial charge on any atom is -0.322 e. The summed E-state index contributed by atoms with van der Waals surface area (Å²) >= 11 is 5.79. The van der Waals surface area contributed by atoms with E-state index in [0.717, 1.165) is 16.9 Å². The minimum absolute atomic E-state index is 0.174. The molecule has 0 bridgehead atoms.